The summed E-state index contributed by atoms with van der Waals surface area (Å²) in [6.07, 6.45) is 86.2. The normalized spacial score (nSPS) is 14.4. The van der Waals surface area contributed by atoms with Gasteiger partial charge in [-0.25, -0.2) is 9.13 Å². The van der Waals surface area contributed by atoms with E-state index in [1.807, 2.05) is 0 Å². The predicted molar refractivity (Wildman–Crippen MR) is 436 cm³/mol. The number of unbranched alkanes of at least 4 members (excludes halogenated alkanes) is 35. The van der Waals surface area contributed by atoms with Crippen LogP contribution in [0.2, 0.25) is 0 Å². The highest BCUT2D eigenvalue weighted by atomic mass is 31.2. The molecule has 612 valence electrons. The lowest BCUT2D eigenvalue weighted by molar-refractivity contribution is -0.161. The lowest BCUT2D eigenvalue weighted by Gasteiger charge is -2.21. The Hall–Kier alpha value is -4.28. The van der Waals surface area contributed by atoms with E-state index in [1.165, 1.54) is 83.5 Å². The zero-order valence-corrected chi connectivity index (χ0v) is 68.9. The number of rotatable bonds is 79. The number of hydrogen-bond acceptors (Lipinski definition) is 15. The first kappa shape index (κ1) is 102. The number of allylic oxidation sites excluding steroid dienone is 18. The minimum Gasteiger partial charge on any atom is -0.462 e. The molecule has 0 aliphatic rings. The number of phosphoric ester groups is 2. The second-order valence-corrected chi connectivity index (χ2v) is 31.0. The summed E-state index contributed by atoms with van der Waals surface area (Å²) in [5.74, 6) is -2.21. The van der Waals surface area contributed by atoms with Crippen molar-refractivity contribution in [2.24, 2.45) is 0 Å². The molecule has 0 aliphatic carbocycles. The number of hydrogen-bond donors (Lipinski definition) is 3. The third-order valence-electron chi connectivity index (χ3n) is 17.7. The van der Waals surface area contributed by atoms with E-state index in [-0.39, 0.29) is 25.7 Å². The van der Waals surface area contributed by atoms with Crippen LogP contribution in [-0.4, -0.2) is 96.7 Å². The SMILES string of the molecule is CCCCC/C=C\C/C=C\C/C=C\CCCCCCCCC(=O)OCC(COP(=O)(O)OCC(O)COP(=O)(O)OCC(COC(=O)CCCCCCCC/C=C\C/C=C\C/C=C\CCCCC)OC(=O)CCCCCCC/C=C\CCCCCC)OC(=O)CCCCCCC/C=C\C/C=C\CCCCC. The molecule has 5 atom stereocenters. The van der Waals surface area contributed by atoms with Gasteiger partial charge in [0, 0.05) is 25.7 Å². The Labute approximate surface area is 645 Å². The molecule has 0 aromatic heterocycles. The lowest BCUT2D eigenvalue weighted by Crippen LogP contribution is -2.30. The fourth-order valence-corrected chi connectivity index (χ4v) is 12.8. The Balaban J connectivity index is 5.37. The number of carbonyl (C=O) groups is 4. The summed E-state index contributed by atoms with van der Waals surface area (Å²) in [4.78, 5) is 73.2. The van der Waals surface area contributed by atoms with Gasteiger partial charge in [-0.2, -0.15) is 0 Å². The highest BCUT2D eigenvalue weighted by molar-refractivity contribution is 7.47. The van der Waals surface area contributed by atoms with Gasteiger partial charge < -0.3 is 33.8 Å². The van der Waals surface area contributed by atoms with Crippen LogP contribution in [0.3, 0.4) is 0 Å². The maximum atomic E-state index is 13.1. The fraction of sp³-hybridized carbons (Fsp3) is 0.747. The van der Waals surface area contributed by atoms with E-state index in [1.54, 1.807) is 0 Å². The van der Waals surface area contributed by atoms with Crippen LogP contribution in [0, 0.1) is 0 Å². The van der Waals surface area contributed by atoms with Gasteiger partial charge in [0.2, 0.25) is 0 Å². The van der Waals surface area contributed by atoms with Gasteiger partial charge in [0.05, 0.1) is 26.4 Å². The highest BCUT2D eigenvalue weighted by Gasteiger charge is 2.30. The lowest BCUT2D eigenvalue weighted by atomic mass is 10.1. The van der Waals surface area contributed by atoms with Gasteiger partial charge in [-0.1, -0.05) is 285 Å². The van der Waals surface area contributed by atoms with E-state index in [0.29, 0.717) is 25.7 Å². The second kappa shape index (κ2) is 78.8. The summed E-state index contributed by atoms with van der Waals surface area (Å²) in [5, 5.41) is 10.7. The molecule has 106 heavy (non-hydrogen) atoms. The van der Waals surface area contributed by atoms with Gasteiger partial charge in [0.25, 0.3) is 0 Å². The van der Waals surface area contributed by atoms with Gasteiger partial charge in [0.15, 0.2) is 12.2 Å². The van der Waals surface area contributed by atoms with Crippen molar-refractivity contribution in [3.63, 3.8) is 0 Å². The molecular weight excluding hydrogens is 1380 g/mol. The molecule has 0 rings (SSSR count). The summed E-state index contributed by atoms with van der Waals surface area (Å²) in [6, 6.07) is 0. The monoisotopic (exact) mass is 1530 g/mol. The number of aliphatic hydroxyl groups excluding tert-OH is 1. The van der Waals surface area contributed by atoms with Gasteiger partial charge in [-0.3, -0.25) is 37.3 Å². The maximum absolute atomic E-state index is 13.1. The smallest absolute Gasteiger partial charge is 0.462 e. The van der Waals surface area contributed by atoms with Crippen LogP contribution in [0.25, 0.3) is 0 Å². The molecule has 0 fully saturated rings. The Morgan fingerprint density at radius 3 is 0.736 bits per heavy atom. The molecule has 0 radical (unpaired) electrons. The molecule has 0 amide bonds. The van der Waals surface area contributed by atoms with Crippen molar-refractivity contribution in [2.75, 3.05) is 39.6 Å². The van der Waals surface area contributed by atoms with Gasteiger partial charge >= 0.3 is 39.5 Å². The topological polar surface area (TPSA) is 237 Å². The maximum Gasteiger partial charge on any atom is 0.472 e. The average molecular weight is 1530 g/mol. The molecule has 0 spiro atoms. The predicted octanol–water partition coefficient (Wildman–Crippen LogP) is 24.9. The minimum atomic E-state index is -4.99. The molecule has 0 aromatic rings. The Kier molecular flexibility index (Phi) is 75.6. The average Bonchev–Trinajstić information content (AvgIpc) is 0.933. The Morgan fingerprint density at radius 2 is 0.462 bits per heavy atom. The molecule has 0 aliphatic heterocycles. The van der Waals surface area contributed by atoms with Crippen molar-refractivity contribution in [3.8, 4) is 0 Å². The summed E-state index contributed by atoms with van der Waals surface area (Å²) in [5.41, 5.74) is 0. The molecule has 0 bridgehead atoms. The number of esters is 4. The van der Waals surface area contributed by atoms with Gasteiger partial charge in [-0.15, -0.1) is 0 Å². The molecular formula is C87H152O17P2. The van der Waals surface area contributed by atoms with Crippen LogP contribution in [0.4, 0.5) is 0 Å². The summed E-state index contributed by atoms with van der Waals surface area (Å²) < 4.78 is 68.7. The van der Waals surface area contributed by atoms with Crippen LogP contribution in [-0.2, 0) is 65.4 Å². The number of ether oxygens (including phenoxy) is 4. The van der Waals surface area contributed by atoms with Gasteiger partial charge in [0.1, 0.15) is 19.3 Å². The number of carbonyl (C=O) groups excluding carboxylic acids is 4. The van der Waals surface area contributed by atoms with Crippen LogP contribution >= 0.6 is 15.6 Å². The molecule has 0 saturated carbocycles. The van der Waals surface area contributed by atoms with Crippen LogP contribution in [0.5, 0.6) is 0 Å². The zero-order chi connectivity index (χ0) is 77.4. The first-order valence-electron chi connectivity index (χ1n) is 42.1. The van der Waals surface area contributed by atoms with Crippen molar-refractivity contribution in [3.05, 3.63) is 109 Å². The largest absolute Gasteiger partial charge is 0.472 e. The van der Waals surface area contributed by atoms with E-state index < -0.39 is 97.5 Å². The van der Waals surface area contributed by atoms with Crippen molar-refractivity contribution >= 4 is 39.5 Å². The van der Waals surface area contributed by atoms with E-state index in [0.717, 1.165) is 199 Å². The van der Waals surface area contributed by atoms with Crippen LogP contribution in [0.15, 0.2) is 109 Å². The van der Waals surface area contributed by atoms with Crippen LogP contribution < -0.4 is 0 Å². The first-order chi connectivity index (χ1) is 51.7. The summed E-state index contributed by atoms with van der Waals surface area (Å²) in [7, 11) is -9.97. The Morgan fingerprint density at radius 1 is 0.264 bits per heavy atom. The molecule has 0 saturated heterocycles. The first-order valence-corrected chi connectivity index (χ1v) is 45.1. The summed E-state index contributed by atoms with van der Waals surface area (Å²) in [6.45, 7) is 4.77. The van der Waals surface area contributed by atoms with E-state index >= 15 is 0 Å². The zero-order valence-electron chi connectivity index (χ0n) is 67.1. The second-order valence-electron chi connectivity index (χ2n) is 28.1. The van der Waals surface area contributed by atoms with Crippen LogP contribution in [0.1, 0.15) is 362 Å². The van der Waals surface area contributed by atoms with Crippen molar-refractivity contribution in [2.45, 2.75) is 380 Å². The van der Waals surface area contributed by atoms with Crippen molar-refractivity contribution in [1.82, 2.24) is 0 Å². The molecule has 3 N–H and O–H groups in total. The van der Waals surface area contributed by atoms with E-state index in [4.69, 9.17) is 37.0 Å². The summed E-state index contributed by atoms with van der Waals surface area (Å²) >= 11 is 0. The number of aliphatic hydroxyl groups is 1. The molecule has 19 heteroatoms. The fourth-order valence-electron chi connectivity index (χ4n) is 11.2. The molecule has 0 aromatic carbocycles. The third kappa shape index (κ3) is 77.9. The minimum absolute atomic E-state index is 0.0752. The molecule has 5 unspecified atom stereocenters. The number of phosphoric acid groups is 2. The molecule has 17 nitrogen and oxygen atoms in total. The van der Waals surface area contributed by atoms with E-state index in [9.17, 15) is 43.2 Å². The quantitative estimate of drug-likeness (QED) is 0.0169. The third-order valence-corrected chi connectivity index (χ3v) is 19.6. The molecule has 0 heterocycles. The standard InChI is InChI=1S/C87H152O17P2/c1-5-9-13-17-21-25-29-33-36-38-40-42-45-48-51-55-59-63-67-71-84(89)97-77-82(103-86(91)73-69-65-61-57-53-47-32-28-24-20-16-12-8-4)79-101-105(93,94)99-75-81(88)76-100-106(95,96)102-80-83(104-87(92)74-70-66-62-58-54-50-44-35-31-27-23-19-15-11-7-3)78-98-85(90)72-68-64-60-56-52-49-46-43-41-39-37-34-30-26-22-18-14-10-6-2/h21-23,25-28,32-37,40-44,81-83,88H,5-20,24,29-31,38-39,45-80H2,1-4H3,(H,93,94)(H,95,96)/b25-21-,26-22-,27-23-,32-28-,36-33-,37-34-,42-40-,43-41-,44-35-. The highest BCUT2D eigenvalue weighted by Crippen LogP contribution is 2.45. The van der Waals surface area contributed by atoms with Crippen molar-refractivity contribution < 1.29 is 80.2 Å². The van der Waals surface area contributed by atoms with Crippen molar-refractivity contribution in [1.29, 1.82) is 0 Å². The van der Waals surface area contributed by atoms with Gasteiger partial charge in [-0.05, 0) is 161 Å². The Bertz CT molecular complexity index is 2430. The van der Waals surface area contributed by atoms with E-state index in [2.05, 4.69) is 137 Å².